The highest BCUT2D eigenvalue weighted by Crippen LogP contribution is 2.49. The van der Waals surface area contributed by atoms with Gasteiger partial charge in [-0.3, -0.25) is 4.90 Å². The minimum absolute atomic E-state index is 0.230. The zero-order chi connectivity index (χ0) is 29.7. The van der Waals surface area contributed by atoms with E-state index >= 15 is 0 Å². The van der Waals surface area contributed by atoms with E-state index in [-0.39, 0.29) is 13.2 Å². The van der Waals surface area contributed by atoms with E-state index in [9.17, 15) is 18.0 Å². The quantitative estimate of drug-likeness (QED) is 0.217. The number of benzene rings is 3. The van der Waals surface area contributed by atoms with Gasteiger partial charge in [0.05, 0.1) is 16.9 Å². The van der Waals surface area contributed by atoms with E-state index in [1.165, 1.54) is 17.8 Å². The van der Waals surface area contributed by atoms with Gasteiger partial charge in [-0.1, -0.05) is 47.1 Å². The van der Waals surface area contributed by atoms with Gasteiger partial charge >= 0.3 is 12.1 Å². The predicted octanol–water partition coefficient (Wildman–Crippen LogP) is 7.24. The Morgan fingerprint density at radius 3 is 2.21 bits per heavy atom. The molecule has 2 aliphatic rings. The molecule has 3 aromatic rings. The summed E-state index contributed by atoms with van der Waals surface area (Å²) in [7, 11) is 0. The van der Waals surface area contributed by atoms with Gasteiger partial charge in [-0.2, -0.15) is 13.2 Å². The lowest BCUT2D eigenvalue weighted by Gasteiger charge is -2.36. The number of hydrogen-bond acceptors (Lipinski definition) is 7. The number of rotatable bonds is 10. The topological polar surface area (TPSA) is 45.3 Å². The van der Waals surface area contributed by atoms with Crippen molar-refractivity contribution in [1.82, 2.24) is 9.80 Å². The third-order valence-electron chi connectivity index (χ3n) is 7.14. The van der Waals surface area contributed by atoms with Crippen LogP contribution in [0.5, 0.6) is 5.75 Å². The van der Waals surface area contributed by atoms with Crippen molar-refractivity contribution in [2.45, 2.75) is 22.4 Å². The molecule has 42 heavy (non-hydrogen) atoms. The molecule has 1 fully saturated rings. The van der Waals surface area contributed by atoms with Crippen LogP contribution in [0.4, 0.5) is 24.5 Å². The van der Waals surface area contributed by atoms with Crippen molar-refractivity contribution in [1.29, 1.82) is 0 Å². The Labute approximate surface area is 257 Å². The van der Waals surface area contributed by atoms with Crippen molar-refractivity contribution < 1.29 is 27.4 Å². The van der Waals surface area contributed by atoms with E-state index in [0.29, 0.717) is 34.6 Å². The number of carbonyl (C=O) groups excluding carboxylic acids is 1. The summed E-state index contributed by atoms with van der Waals surface area (Å²) in [6, 6.07) is 16.6. The number of ether oxygens (including phenoxy) is 2. The van der Waals surface area contributed by atoms with Gasteiger partial charge in [0.1, 0.15) is 12.4 Å². The third kappa shape index (κ3) is 8.05. The monoisotopic (exact) mass is 639 g/mol. The summed E-state index contributed by atoms with van der Waals surface area (Å²) in [6.45, 7) is 5.55. The van der Waals surface area contributed by atoms with Crippen LogP contribution in [0.2, 0.25) is 10.0 Å². The number of halogens is 5. The molecular weight excluding hydrogens is 610 g/mol. The van der Waals surface area contributed by atoms with Gasteiger partial charge in [-0.25, -0.2) is 4.79 Å². The van der Waals surface area contributed by atoms with Crippen molar-refractivity contribution >= 4 is 52.3 Å². The largest absolute Gasteiger partial charge is 0.482 e. The number of piperazine rings is 1. The fraction of sp³-hybridized carbons (Fsp3) is 0.367. The number of nitrogens with zero attached hydrogens (tertiary/aromatic N) is 3. The number of carbonyl (C=O) groups is 1. The van der Waals surface area contributed by atoms with Crippen LogP contribution in [0, 0.1) is 0 Å². The first-order valence-electron chi connectivity index (χ1n) is 13.6. The molecule has 0 radical (unpaired) electrons. The Bertz CT molecular complexity index is 1380. The van der Waals surface area contributed by atoms with Crippen molar-refractivity contribution in [3.05, 3.63) is 76.3 Å². The van der Waals surface area contributed by atoms with Crippen LogP contribution in [0.3, 0.4) is 0 Å². The van der Waals surface area contributed by atoms with E-state index in [1.54, 1.807) is 24.3 Å². The SMILES string of the molecule is O=C(COc1cc(Cl)cc(Cl)c1)OCCN1CCN(CCCN2c3ccccc3Sc3ccc(C(F)(F)F)cc32)CC1. The second kappa shape index (κ2) is 13.8. The molecule has 0 aliphatic carbocycles. The van der Waals surface area contributed by atoms with Crippen LogP contribution >= 0.6 is 35.0 Å². The molecule has 0 aromatic heterocycles. The first kappa shape index (κ1) is 30.8. The molecule has 224 valence electrons. The minimum Gasteiger partial charge on any atom is -0.482 e. The van der Waals surface area contributed by atoms with Gasteiger partial charge in [-0.05, 0) is 61.5 Å². The van der Waals surface area contributed by atoms with E-state index < -0.39 is 17.7 Å². The molecule has 0 saturated carbocycles. The maximum absolute atomic E-state index is 13.5. The molecule has 0 spiro atoms. The number of fused-ring (bicyclic) bond motifs is 2. The van der Waals surface area contributed by atoms with Gasteiger partial charge < -0.3 is 19.3 Å². The van der Waals surface area contributed by atoms with Gasteiger partial charge in [0, 0.05) is 59.1 Å². The molecule has 0 N–H and O–H groups in total. The van der Waals surface area contributed by atoms with Crippen LogP contribution in [0.25, 0.3) is 0 Å². The van der Waals surface area contributed by atoms with Gasteiger partial charge in [0.15, 0.2) is 6.61 Å². The number of esters is 1. The van der Waals surface area contributed by atoms with Crippen molar-refractivity contribution in [3.8, 4) is 5.75 Å². The number of anilines is 2. The first-order valence-corrected chi connectivity index (χ1v) is 15.2. The first-order chi connectivity index (χ1) is 20.2. The van der Waals surface area contributed by atoms with Gasteiger partial charge in [-0.15, -0.1) is 0 Å². The van der Waals surface area contributed by atoms with E-state index in [4.69, 9.17) is 32.7 Å². The molecule has 1 saturated heterocycles. The average molecular weight is 641 g/mol. The summed E-state index contributed by atoms with van der Waals surface area (Å²) in [6.07, 6.45) is -3.58. The van der Waals surface area contributed by atoms with E-state index in [1.807, 2.05) is 29.2 Å². The van der Waals surface area contributed by atoms with Crippen LogP contribution in [-0.4, -0.2) is 74.8 Å². The van der Waals surface area contributed by atoms with Gasteiger partial charge in [0.25, 0.3) is 0 Å². The zero-order valence-corrected chi connectivity index (χ0v) is 25.0. The highest BCUT2D eigenvalue weighted by Gasteiger charge is 2.33. The maximum atomic E-state index is 13.5. The van der Waals surface area contributed by atoms with Crippen molar-refractivity contribution in [2.75, 3.05) is 63.9 Å². The highest BCUT2D eigenvalue weighted by atomic mass is 35.5. The summed E-state index contributed by atoms with van der Waals surface area (Å²) >= 11 is 13.4. The molecule has 0 bridgehead atoms. The normalized spacial score (nSPS) is 15.7. The molecule has 2 aliphatic heterocycles. The summed E-state index contributed by atoms with van der Waals surface area (Å²) in [5.74, 6) is -0.0643. The fourth-order valence-electron chi connectivity index (χ4n) is 5.02. The second-order valence-corrected chi connectivity index (χ2v) is 12.0. The lowest BCUT2D eigenvalue weighted by atomic mass is 10.1. The minimum atomic E-state index is -4.39. The molecule has 12 heteroatoms. The Balaban J connectivity index is 1.05. The number of alkyl halides is 3. The lowest BCUT2D eigenvalue weighted by Crippen LogP contribution is -2.47. The van der Waals surface area contributed by atoms with E-state index in [0.717, 1.165) is 60.7 Å². The van der Waals surface area contributed by atoms with Crippen LogP contribution in [0.15, 0.2) is 70.5 Å². The lowest BCUT2D eigenvalue weighted by molar-refractivity contribution is -0.146. The summed E-state index contributed by atoms with van der Waals surface area (Å²) < 4.78 is 51.1. The molecule has 0 atom stereocenters. The van der Waals surface area contributed by atoms with Crippen molar-refractivity contribution in [3.63, 3.8) is 0 Å². The Kier molecular flexibility index (Phi) is 10.1. The number of hydrogen-bond donors (Lipinski definition) is 0. The predicted molar refractivity (Wildman–Crippen MR) is 159 cm³/mol. The van der Waals surface area contributed by atoms with E-state index in [2.05, 4.69) is 9.80 Å². The molecule has 0 amide bonds. The van der Waals surface area contributed by atoms with Gasteiger partial charge in [0.2, 0.25) is 0 Å². The fourth-order valence-corrected chi connectivity index (χ4v) is 6.60. The molecule has 0 unspecified atom stereocenters. The maximum Gasteiger partial charge on any atom is 0.416 e. The Morgan fingerprint density at radius 1 is 0.833 bits per heavy atom. The zero-order valence-electron chi connectivity index (χ0n) is 22.7. The molecule has 3 aromatic carbocycles. The van der Waals surface area contributed by atoms with Crippen LogP contribution < -0.4 is 9.64 Å². The smallest absolute Gasteiger partial charge is 0.416 e. The van der Waals surface area contributed by atoms with Crippen LogP contribution in [-0.2, 0) is 15.7 Å². The summed E-state index contributed by atoms with van der Waals surface area (Å²) in [4.78, 5) is 20.5. The third-order valence-corrected chi connectivity index (χ3v) is 8.70. The summed E-state index contributed by atoms with van der Waals surface area (Å²) in [5, 5.41) is 0.844. The number of para-hydroxylation sites is 1. The standard InChI is InChI=1S/C30H30Cl2F3N3O3S/c31-22-17-23(32)19-24(18-22)41-20-29(39)40-15-14-37-12-10-36(11-13-37)8-3-9-38-25-4-1-2-5-27(25)42-28-7-6-21(16-26(28)38)30(33,34)35/h1-2,4-7,16-19H,3,8-15,20H2. The Morgan fingerprint density at radius 2 is 1.50 bits per heavy atom. The molecule has 5 rings (SSSR count). The highest BCUT2D eigenvalue weighted by molar-refractivity contribution is 7.99. The Hall–Kier alpha value is -2.63. The molecule has 6 nitrogen and oxygen atoms in total. The van der Waals surface area contributed by atoms with Crippen molar-refractivity contribution in [2.24, 2.45) is 0 Å². The molecular formula is C30H30Cl2F3N3O3S. The second-order valence-electron chi connectivity index (χ2n) is 10.1. The molecule has 2 heterocycles. The van der Waals surface area contributed by atoms with Crippen LogP contribution in [0.1, 0.15) is 12.0 Å². The average Bonchev–Trinajstić information content (AvgIpc) is 2.95. The summed E-state index contributed by atoms with van der Waals surface area (Å²) in [5.41, 5.74) is 0.914.